The smallest absolute Gasteiger partial charge is 0.348 e. The Morgan fingerprint density at radius 3 is 2.80 bits per heavy atom. The van der Waals surface area contributed by atoms with Crippen LogP contribution in [0.4, 0.5) is 18.9 Å². The Morgan fingerprint density at radius 2 is 2.10 bits per heavy atom. The Labute approximate surface area is 114 Å². The molecule has 3 rings (SSSR count). The minimum atomic E-state index is -4.53. The lowest BCUT2D eigenvalue weighted by Gasteiger charge is -2.47. The Bertz CT molecular complexity index is 558. The van der Waals surface area contributed by atoms with E-state index in [1.54, 1.807) is 13.1 Å². The van der Waals surface area contributed by atoms with Crippen LogP contribution in [0.15, 0.2) is 18.2 Å². The van der Waals surface area contributed by atoms with Crippen molar-refractivity contribution in [2.24, 2.45) is 0 Å². The van der Waals surface area contributed by atoms with Gasteiger partial charge in [-0.25, -0.2) is 0 Å². The molecule has 1 saturated heterocycles. The molecule has 0 aliphatic carbocycles. The van der Waals surface area contributed by atoms with Crippen LogP contribution in [-0.4, -0.2) is 43.7 Å². The van der Waals surface area contributed by atoms with Gasteiger partial charge in [0, 0.05) is 26.7 Å². The van der Waals surface area contributed by atoms with Crippen molar-refractivity contribution in [3.8, 4) is 0 Å². The maximum absolute atomic E-state index is 13.1. The van der Waals surface area contributed by atoms with Gasteiger partial charge in [0.15, 0.2) is 0 Å². The molecule has 0 spiro atoms. The molecule has 108 valence electrons. The van der Waals surface area contributed by atoms with Crippen LogP contribution in [0.1, 0.15) is 15.9 Å². The quantitative estimate of drug-likeness (QED) is 0.785. The topological polar surface area (TPSA) is 35.6 Å². The standard InChI is InChI=1S/C13H14F3N3O/c1-18-10-7-17-5-6-19(10)9-4-2-3-8(13(14,15)16)11(9)12(18)20/h2-4,10,17H,5-7H2,1H3. The summed E-state index contributed by atoms with van der Waals surface area (Å²) in [4.78, 5) is 15.6. The molecule has 2 aliphatic rings. The van der Waals surface area contributed by atoms with Gasteiger partial charge in [0.1, 0.15) is 6.17 Å². The van der Waals surface area contributed by atoms with Crippen LogP contribution in [0.5, 0.6) is 0 Å². The SMILES string of the molecule is CN1C(=O)c2c(cccc2C(F)(F)F)N2CCNCC12. The number of carbonyl (C=O) groups is 1. The fraction of sp³-hybridized carbons (Fsp3) is 0.462. The Morgan fingerprint density at radius 1 is 1.35 bits per heavy atom. The number of piperazine rings is 1. The van der Waals surface area contributed by atoms with Crippen molar-refractivity contribution < 1.29 is 18.0 Å². The number of alkyl halides is 3. The summed E-state index contributed by atoms with van der Waals surface area (Å²) in [5.41, 5.74) is -0.709. The zero-order valence-electron chi connectivity index (χ0n) is 10.9. The predicted molar refractivity (Wildman–Crippen MR) is 67.5 cm³/mol. The number of halogens is 3. The fourth-order valence-corrected chi connectivity index (χ4v) is 2.87. The molecule has 2 aliphatic heterocycles. The van der Waals surface area contributed by atoms with E-state index in [0.29, 0.717) is 25.3 Å². The number of rotatable bonds is 0. The molecule has 1 aromatic carbocycles. The summed E-state index contributed by atoms with van der Waals surface area (Å²) in [6, 6.07) is 3.92. The molecule has 1 unspecified atom stereocenters. The van der Waals surface area contributed by atoms with Gasteiger partial charge in [-0.05, 0) is 12.1 Å². The van der Waals surface area contributed by atoms with Gasteiger partial charge >= 0.3 is 6.18 Å². The lowest BCUT2D eigenvalue weighted by atomic mass is 9.98. The molecular weight excluding hydrogens is 271 g/mol. The van der Waals surface area contributed by atoms with Crippen LogP contribution in [0.25, 0.3) is 0 Å². The second-order valence-corrected chi connectivity index (χ2v) is 4.99. The number of benzene rings is 1. The third kappa shape index (κ3) is 1.84. The third-order valence-electron chi connectivity index (χ3n) is 3.85. The minimum absolute atomic E-state index is 0.229. The summed E-state index contributed by atoms with van der Waals surface area (Å²) in [7, 11) is 1.54. The molecule has 0 bridgehead atoms. The van der Waals surface area contributed by atoms with E-state index in [-0.39, 0.29) is 11.7 Å². The number of amides is 1. The lowest BCUT2D eigenvalue weighted by molar-refractivity contribution is -0.138. The Balaban J connectivity index is 2.19. The number of hydrogen-bond donors (Lipinski definition) is 1. The molecule has 2 heterocycles. The van der Waals surface area contributed by atoms with Crippen molar-refractivity contribution in [1.82, 2.24) is 10.2 Å². The Hall–Kier alpha value is -1.76. The molecule has 1 amide bonds. The van der Waals surface area contributed by atoms with Gasteiger partial charge < -0.3 is 15.1 Å². The molecule has 0 saturated carbocycles. The van der Waals surface area contributed by atoms with E-state index < -0.39 is 17.6 Å². The zero-order chi connectivity index (χ0) is 14.5. The number of nitrogens with one attached hydrogen (secondary N) is 1. The number of hydrogen-bond acceptors (Lipinski definition) is 3. The maximum atomic E-state index is 13.1. The van der Waals surface area contributed by atoms with Gasteiger partial charge in [-0.1, -0.05) is 6.07 Å². The zero-order valence-corrected chi connectivity index (χ0v) is 10.9. The van der Waals surface area contributed by atoms with Crippen LogP contribution in [0.3, 0.4) is 0 Å². The van der Waals surface area contributed by atoms with Gasteiger partial charge in [-0.3, -0.25) is 4.79 Å². The first-order valence-corrected chi connectivity index (χ1v) is 6.36. The van der Waals surface area contributed by atoms with Crippen molar-refractivity contribution >= 4 is 11.6 Å². The summed E-state index contributed by atoms with van der Waals surface area (Å²) in [5, 5.41) is 3.15. The van der Waals surface area contributed by atoms with E-state index in [9.17, 15) is 18.0 Å². The fourth-order valence-electron chi connectivity index (χ4n) is 2.87. The van der Waals surface area contributed by atoms with E-state index in [1.807, 2.05) is 4.90 Å². The van der Waals surface area contributed by atoms with Gasteiger partial charge in [-0.2, -0.15) is 13.2 Å². The van der Waals surface area contributed by atoms with Gasteiger partial charge in [0.2, 0.25) is 0 Å². The third-order valence-corrected chi connectivity index (χ3v) is 3.85. The Kier molecular flexibility index (Phi) is 2.89. The highest BCUT2D eigenvalue weighted by Crippen LogP contribution is 2.40. The molecule has 1 atom stereocenters. The average Bonchev–Trinajstić information content (AvgIpc) is 2.43. The largest absolute Gasteiger partial charge is 0.417 e. The molecule has 0 radical (unpaired) electrons. The van der Waals surface area contributed by atoms with E-state index in [4.69, 9.17) is 0 Å². The van der Waals surface area contributed by atoms with E-state index >= 15 is 0 Å². The van der Waals surface area contributed by atoms with Crippen molar-refractivity contribution in [2.45, 2.75) is 12.3 Å². The second-order valence-electron chi connectivity index (χ2n) is 4.99. The molecule has 0 aromatic heterocycles. The van der Waals surface area contributed by atoms with Crippen LogP contribution in [0, 0.1) is 0 Å². The maximum Gasteiger partial charge on any atom is 0.417 e. The van der Waals surface area contributed by atoms with Crippen molar-refractivity contribution in [3.63, 3.8) is 0 Å². The molecule has 4 nitrogen and oxygen atoms in total. The normalized spacial score (nSPS) is 22.6. The van der Waals surface area contributed by atoms with Gasteiger partial charge in [-0.15, -0.1) is 0 Å². The van der Waals surface area contributed by atoms with Gasteiger partial charge in [0.05, 0.1) is 16.8 Å². The lowest BCUT2D eigenvalue weighted by Crippen LogP contribution is -2.62. The van der Waals surface area contributed by atoms with Gasteiger partial charge in [0.25, 0.3) is 5.91 Å². The summed E-state index contributed by atoms with van der Waals surface area (Å²) >= 11 is 0. The monoisotopic (exact) mass is 285 g/mol. The molecule has 20 heavy (non-hydrogen) atoms. The molecule has 1 N–H and O–H groups in total. The van der Waals surface area contributed by atoms with Crippen LogP contribution >= 0.6 is 0 Å². The highest BCUT2D eigenvalue weighted by molar-refractivity contribution is 6.03. The number of fused-ring (bicyclic) bond motifs is 3. The summed E-state index contributed by atoms with van der Waals surface area (Å²) in [6.07, 6.45) is -4.75. The summed E-state index contributed by atoms with van der Waals surface area (Å²) < 4.78 is 39.3. The average molecular weight is 285 g/mol. The van der Waals surface area contributed by atoms with Crippen LogP contribution in [0.2, 0.25) is 0 Å². The first-order valence-electron chi connectivity index (χ1n) is 6.36. The van der Waals surface area contributed by atoms with Crippen molar-refractivity contribution in [3.05, 3.63) is 29.3 Å². The first-order chi connectivity index (χ1) is 9.41. The van der Waals surface area contributed by atoms with E-state index in [1.165, 1.54) is 11.0 Å². The first kappa shape index (κ1) is 13.2. The van der Waals surface area contributed by atoms with Crippen molar-refractivity contribution in [2.75, 3.05) is 31.6 Å². The molecular formula is C13H14F3N3O. The summed E-state index contributed by atoms with van der Waals surface area (Å²) in [5.74, 6) is -0.571. The number of anilines is 1. The number of carbonyl (C=O) groups excluding carboxylic acids is 1. The predicted octanol–water partition coefficient (Wildman–Crippen LogP) is 1.53. The van der Waals surface area contributed by atoms with E-state index in [0.717, 1.165) is 6.07 Å². The molecule has 7 heteroatoms. The number of nitrogens with zero attached hydrogens (tertiary/aromatic N) is 2. The van der Waals surface area contributed by atoms with Crippen molar-refractivity contribution in [1.29, 1.82) is 0 Å². The van der Waals surface area contributed by atoms with Crippen LogP contribution in [-0.2, 0) is 6.18 Å². The minimum Gasteiger partial charge on any atom is -0.348 e. The second kappa shape index (κ2) is 4.37. The number of likely N-dealkylation sites (N-methyl/N-ethyl adjacent to an activating group) is 1. The van der Waals surface area contributed by atoms with Crippen LogP contribution < -0.4 is 10.2 Å². The molecule has 1 fully saturated rings. The summed E-state index contributed by atoms with van der Waals surface area (Å²) in [6.45, 7) is 1.82. The highest BCUT2D eigenvalue weighted by atomic mass is 19.4. The highest BCUT2D eigenvalue weighted by Gasteiger charge is 2.43. The van der Waals surface area contributed by atoms with E-state index in [2.05, 4.69) is 5.32 Å². The molecule has 1 aromatic rings.